The molecule has 0 amide bonds. The van der Waals surface area contributed by atoms with Crippen molar-refractivity contribution in [1.82, 2.24) is 4.57 Å². The van der Waals surface area contributed by atoms with Crippen molar-refractivity contribution in [3.05, 3.63) is 101 Å². The fourth-order valence-electron chi connectivity index (χ4n) is 2.92. The predicted molar refractivity (Wildman–Crippen MR) is 95.0 cm³/mol. The van der Waals surface area contributed by atoms with Gasteiger partial charge in [-0.25, -0.2) is 0 Å². The molecule has 0 spiro atoms. The summed E-state index contributed by atoms with van der Waals surface area (Å²) >= 11 is 0. The number of benzene rings is 3. The maximum absolute atomic E-state index is 12.9. The van der Waals surface area contributed by atoms with Crippen LogP contribution in [0.2, 0.25) is 0 Å². The molecule has 0 unspecified atom stereocenters. The normalized spacial score (nSPS) is 10.8. The number of aromatic nitrogens is 1. The minimum absolute atomic E-state index is 0.00600. The average molecular weight is 297 g/mol. The number of hydrogen-bond acceptors (Lipinski definition) is 1. The van der Waals surface area contributed by atoms with Crippen LogP contribution in [0.5, 0.6) is 0 Å². The molecular formula is C21H15NO. The Balaban J connectivity index is 2.11. The van der Waals surface area contributed by atoms with E-state index in [0.29, 0.717) is 0 Å². The van der Waals surface area contributed by atoms with Crippen molar-refractivity contribution in [2.75, 3.05) is 0 Å². The lowest BCUT2D eigenvalue weighted by Crippen LogP contribution is -2.18. The van der Waals surface area contributed by atoms with Gasteiger partial charge in [0.05, 0.1) is 0 Å². The maximum atomic E-state index is 12.9. The number of nitrogens with zero attached hydrogens (tertiary/aromatic N) is 1. The van der Waals surface area contributed by atoms with Crippen LogP contribution in [0.15, 0.2) is 95.9 Å². The summed E-state index contributed by atoms with van der Waals surface area (Å²) in [6.07, 6.45) is 1.94. The highest BCUT2D eigenvalue weighted by Crippen LogP contribution is 2.27. The first-order valence-electron chi connectivity index (χ1n) is 7.60. The molecule has 3 aromatic carbocycles. The van der Waals surface area contributed by atoms with E-state index in [4.69, 9.17) is 0 Å². The van der Waals surface area contributed by atoms with Crippen molar-refractivity contribution in [3.63, 3.8) is 0 Å². The molecule has 0 aliphatic carbocycles. The van der Waals surface area contributed by atoms with Gasteiger partial charge in [0, 0.05) is 22.8 Å². The summed E-state index contributed by atoms with van der Waals surface area (Å²) in [6.45, 7) is 0. The Hall–Kier alpha value is -3.13. The fraction of sp³-hybridized carbons (Fsp3) is 0. The van der Waals surface area contributed by atoms with Crippen LogP contribution in [0, 0.1) is 0 Å². The number of pyridine rings is 1. The van der Waals surface area contributed by atoms with Gasteiger partial charge in [-0.3, -0.25) is 9.36 Å². The van der Waals surface area contributed by atoms with Gasteiger partial charge >= 0.3 is 0 Å². The molecule has 0 atom stereocenters. The standard InChI is InChI=1S/C21H15NO/c23-21-19-14-8-7-13-18(19)20(16-9-3-1-4-10-16)15-22(21)17-11-5-2-6-12-17/h1-15H. The van der Waals surface area contributed by atoms with Crippen LogP contribution in [0.3, 0.4) is 0 Å². The Kier molecular flexibility index (Phi) is 3.28. The summed E-state index contributed by atoms with van der Waals surface area (Å²) in [5.41, 5.74) is 3.05. The lowest BCUT2D eigenvalue weighted by molar-refractivity contribution is 1.01. The lowest BCUT2D eigenvalue weighted by Gasteiger charge is -2.12. The number of rotatable bonds is 2. The third kappa shape index (κ3) is 2.34. The molecule has 0 bridgehead atoms. The minimum Gasteiger partial charge on any atom is -0.283 e. The van der Waals surface area contributed by atoms with Gasteiger partial charge < -0.3 is 0 Å². The van der Waals surface area contributed by atoms with E-state index in [9.17, 15) is 4.79 Å². The molecule has 0 saturated carbocycles. The molecular weight excluding hydrogens is 282 g/mol. The molecule has 2 nitrogen and oxygen atoms in total. The van der Waals surface area contributed by atoms with Crippen molar-refractivity contribution < 1.29 is 0 Å². The van der Waals surface area contributed by atoms with E-state index >= 15 is 0 Å². The van der Waals surface area contributed by atoms with Crippen molar-refractivity contribution >= 4 is 10.8 Å². The van der Waals surface area contributed by atoms with Crippen molar-refractivity contribution in [3.8, 4) is 16.8 Å². The van der Waals surface area contributed by atoms with E-state index in [1.807, 2.05) is 79.0 Å². The Labute approximate surface area is 134 Å². The molecule has 0 saturated heterocycles. The second-order valence-electron chi connectivity index (χ2n) is 5.47. The van der Waals surface area contributed by atoms with Gasteiger partial charge in [-0.2, -0.15) is 0 Å². The van der Waals surface area contributed by atoms with Gasteiger partial charge in [-0.1, -0.05) is 66.7 Å². The molecule has 110 valence electrons. The molecule has 23 heavy (non-hydrogen) atoms. The third-order valence-corrected chi connectivity index (χ3v) is 4.04. The van der Waals surface area contributed by atoms with Gasteiger partial charge in [0.1, 0.15) is 0 Å². The number of hydrogen-bond donors (Lipinski definition) is 0. The molecule has 0 fully saturated rings. The Morgan fingerprint density at radius 3 is 1.87 bits per heavy atom. The first-order chi connectivity index (χ1) is 11.3. The van der Waals surface area contributed by atoms with Crippen LogP contribution in [-0.4, -0.2) is 4.57 Å². The van der Waals surface area contributed by atoms with Gasteiger partial charge in [0.25, 0.3) is 5.56 Å². The van der Waals surface area contributed by atoms with E-state index in [0.717, 1.165) is 27.6 Å². The van der Waals surface area contributed by atoms with Crippen LogP contribution in [0.1, 0.15) is 0 Å². The highest BCUT2D eigenvalue weighted by Gasteiger charge is 2.10. The second kappa shape index (κ2) is 5.58. The van der Waals surface area contributed by atoms with Gasteiger partial charge in [-0.05, 0) is 29.1 Å². The molecule has 4 rings (SSSR count). The van der Waals surface area contributed by atoms with E-state index < -0.39 is 0 Å². The Morgan fingerprint density at radius 1 is 0.609 bits per heavy atom. The molecule has 0 radical (unpaired) electrons. The van der Waals surface area contributed by atoms with Crippen LogP contribution in [0.25, 0.3) is 27.6 Å². The van der Waals surface area contributed by atoms with E-state index in [1.54, 1.807) is 4.57 Å². The second-order valence-corrected chi connectivity index (χ2v) is 5.47. The van der Waals surface area contributed by atoms with E-state index in [2.05, 4.69) is 12.1 Å². The Bertz CT molecular complexity index is 1020. The van der Waals surface area contributed by atoms with Crippen molar-refractivity contribution in [2.45, 2.75) is 0 Å². The fourth-order valence-corrected chi connectivity index (χ4v) is 2.92. The molecule has 0 aliphatic rings. The van der Waals surface area contributed by atoms with Crippen molar-refractivity contribution in [2.24, 2.45) is 0 Å². The number of para-hydroxylation sites is 1. The van der Waals surface area contributed by atoms with E-state index in [-0.39, 0.29) is 5.56 Å². The van der Waals surface area contributed by atoms with Crippen molar-refractivity contribution in [1.29, 1.82) is 0 Å². The highest BCUT2D eigenvalue weighted by molar-refractivity contribution is 5.96. The lowest BCUT2D eigenvalue weighted by atomic mass is 10.0. The van der Waals surface area contributed by atoms with Gasteiger partial charge in [0.2, 0.25) is 0 Å². The van der Waals surface area contributed by atoms with Crippen LogP contribution < -0.4 is 5.56 Å². The molecule has 0 aliphatic heterocycles. The first-order valence-corrected chi connectivity index (χ1v) is 7.60. The number of fused-ring (bicyclic) bond motifs is 1. The molecule has 0 N–H and O–H groups in total. The molecule has 1 heterocycles. The zero-order valence-corrected chi connectivity index (χ0v) is 12.5. The molecule has 4 aromatic rings. The van der Waals surface area contributed by atoms with E-state index in [1.165, 1.54) is 0 Å². The van der Waals surface area contributed by atoms with Gasteiger partial charge in [0.15, 0.2) is 0 Å². The third-order valence-electron chi connectivity index (χ3n) is 4.04. The first kappa shape index (κ1) is 13.5. The minimum atomic E-state index is 0.00600. The summed E-state index contributed by atoms with van der Waals surface area (Å²) in [5.74, 6) is 0. The predicted octanol–water partition coefficient (Wildman–Crippen LogP) is 4.66. The monoisotopic (exact) mass is 297 g/mol. The largest absolute Gasteiger partial charge is 0.283 e. The highest BCUT2D eigenvalue weighted by atomic mass is 16.1. The topological polar surface area (TPSA) is 22.0 Å². The smallest absolute Gasteiger partial charge is 0.262 e. The SMILES string of the molecule is O=c1c2ccccc2c(-c2ccccc2)cn1-c1ccccc1. The summed E-state index contributed by atoms with van der Waals surface area (Å²) in [7, 11) is 0. The maximum Gasteiger partial charge on any atom is 0.262 e. The summed E-state index contributed by atoms with van der Waals surface area (Å²) in [4.78, 5) is 12.9. The summed E-state index contributed by atoms with van der Waals surface area (Å²) < 4.78 is 1.73. The molecule has 1 aromatic heterocycles. The summed E-state index contributed by atoms with van der Waals surface area (Å²) in [6, 6.07) is 27.7. The zero-order chi connectivity index (χ0) is 15.6. The van der Waals surface area contributed by atoms with Gasteiger partial charge in [-0.15, -0.1) is 0 Å². The Morgan fingerprint density at radius 2 is 1.17 bits per heavy atom. The molecule has 2 heteroatoms. The summed E-state index contributed by atoms with van der Waals surface area (Å²) in [5, 5.41) is 1.72. The average Bonchev–Trinajstić information content (AvgIpc) is 2.64. The van der Waals surface area contributed by atoms with Crippen LogP contribution >= 0.6 is 0 Å². The van der Waals surface area contributed by atoms with Crippen LogP contribution in [0.4, 0.5) is 0 Å². The quantitative estimate of drug-likeness (QED) is 0.527. The zero-order valence-electron chi connectivity index (χ0n) is 12.5. The van der Waals surface area contributed by atoms with Crippen LogP contribution in [-0.2, 0) is 0 Å².